The zero-order valence-electron chi connectivity index (χ0n) is 22.3. The molecule has 208 valence electrons. The van der Waals surface area contributed by atoms with Gasteiger partial charge in [0, 0.05) is 31.6 Å². The molecule has 0 bridgehead atoms. The number of amides is 1. The van der Waals surface area contributed by atoms with E-state index < -0.39 is 17.9 Å². The number of hydrogen-bond donors (Lipinski definition) is 2. The van der Waals surface area contributed by atoms with Gasteiger partial charge in [-0.25, -0.2) is 13.8 Å². The van der Waals surface area contributed by atoms with E-state index in [-0.39, 0.29) is 18.1 Å². The minimum absolute atomic E-state index is 0.170. The number of fused-ring (bicyclic) bond motifs is 5. The van der Waals surface area contributed by atoms with E-state index in [9.17, 15) is 13.6 Å². The fraction of sp³-hybridized carbons (Fsp3) is 0.467. The Morgan fingerprint density at radius 2 is 2.10 bits per heavy atom. The molecule has 2 saturated heterocycles. The third kappa shape index (κ3) is 4.48. The number of carbonyl (C=O) groups is 1. The molecule has 1 amide bonds. The zero-order chi connectivity index (χ0) is 27.4. The van der Waals surface area contributed by atoms with Crippen LogP contribution in [0.25, 0.3) is 22.3 Å². The molecule has 0 radical (unpaired) electrons. The fourth-order valence-electron chi connectivity index (χ4n) is 7.00. The van der Waals surface area contributed by atoms with Crippen molar-refractivity contribution >= 4 is 22.8 Å². The van der Waals surface area contributed by atoms with E-state index in [1.165, 1.54) is 17.5 Å². The van der Waals surface area contributed by atoms with Crippen molar-refractivity contribution in [3.8, 4) is 17.3 Å². The van der Waals surface area contributed by atoms with Crippen molar-refractivity contribution in [2.75, 3.05) is 38.1 Å². The normalized spacial score (nSPS) is 26.3. The summed E-state index contributed by atoms with van der Waals surface area (Å²) >= 11 is 0. The van der Waals surface area contributed by atoms with E-state index >= 15 is 0 Å². The van der Waals surface area contributed by atoms with Gasteiger partial charge in [0.05, 0.1) is 16.6 Å². The van der Waals surface area contributed by atoms with Gasteiger partial charge in [-0.1, -0.05) is 24.8 Å². The lowest BCUT2D eigenvalue weighted by Crippen LogP contribution is -2.43. The maximum absolute atomic E-state index is 14.3. The molecule has 2 N–H and O–H groups in total. The van der Waals surface area contributed by atoms with Crippen LogP contribution in [0.4, 0.5) is 14.6 Å². The molecule has 2 aromatic heterocycles. The highest BCUT2D eigenvalue weighted by molar-refractivity contribution is 5.91. The third-order valence-electron chi connectivity index (χ3n) is 8.97. The molecule has 3 fully saturated rings. The lowest BCUT2D eigenvalue weighted by atomic mass is 9.95. The van der Waals surface area contributed by atoms with Crippen LogP contribution in [-0.4, -0.2) is 70.3 Å². The molecule has 2 aliphatic carbocycles. The minimum atomic E-state index is -1.03. The van der Waals surface area contributed by atoms with Crippen molar-refractivity contribution in [2.45, 2.75) is 49.7 Å². The molecule has 4 atom stereocenters. The number of halogens is 2. The molecule has 4 heterocycles. The molecule has 7 rings (SSSR count). The van der Waals surface area contributed by atoms with Crippen molar-refractivity contribution in [3.05, 3.63) is 53.9 Å². The molecular weight excluding hydrogens is 514 g/mol. The lowest BCUT2D eigenvalue weighted by Gasteiger charge is -2.30. The van der Waals surface area contributed by atoms with Crippen LogP contribution in [0.15, 0.2) is 42.7 Å². The summed E-state index contributed by atoms with van der Waals surface area (Å²) in [7, 11) is 0. The summed E-state index contributed by atoms with van der Waals surface area (Å²) in [6, 6.07) is 10.6. The van der Waals surface area contributed by atoms with Gasteiger partial charge in [-0.15, -0.1) is 0 Å². The molecule has 10 heteroatoms. The highest BCUT2D eigenvalue weighted by atomic mass is 19.1. The highest BCUT2D eigenvalue weighted by Gasteiger charge is 2.49. The van der Waals surface area contributed by atoms with E-state index in [4.69, 9.17) is 9.72 Å². The maximum Gasteiger partial charge on any atom is 0.320 e. The molecular formula is C30H32F2N6O2. The third-order valence-corrected chi connectivity index (χ3v) is 8.97. The van der Waals surface area contributed by atoms with Gasteiger partial charge in [-0.2, -0.15) is 9.97 Å². The number of aromatic nitrogens is 3. The van der Waals surface area contributed by atoms with Gasteiger partial charge in [-0.3, -0.25) is 9.69 Å². The summed E-state index contributed by atoms with van der Waals surface area (Å²) in [6.07, 6.45) is 3.89. The average Bonchev–Trinajstić information content (AvgIpc) is 3.27. The van der Waals surface area contributed by atoms with Crippen molar-refractivity contribution in [1.82, 2.24) is 25.2 Å². The van der Waals surface area contributed by atoms with Crippen LogP contribution in [0.3, 0.4) is 0 Å². The topological polar surface area (TPSA) is 92.3 Å². The number of benzene rings is 1. The van der Waals surface area contributed by atoms with Crippen LogP contribution in [0.1, 0.15) is 42.7 Å². The SMILES string of the molecule is C=C(F)C(=O)NCCNc1nc(OCC23CCCN2C[C@H](F)C3)nc2nc(-c3cccc4c3C3CC3C4)ccc12. The van der Waals surface area contributed by atoms with E-state index in [1.807, 2.05) is 12.1 Å². The van der Waals surface area contributed by atoms with E-state index in [0.717, 1.165) is 43.0 Å². The first-order valence-corrected chi connectivity index (χ1v) is 14.1. The first-order valence-electron chi connectivity index (χ1n) is 14.1. The Labute approximate surface area is 231 Å². The molecule has 1 saturated carbocycles. The van der Waals surface area contributed by atoms with Crippen LogP contribution in [-0.2, 0) is 11.2 Å². The van der Waals surface area contributed by atoms with Gasteiger partial charge in [-0.05, 0) is 67.3 Å². The highest BCUT2D eigenvalue weighted by Crippen LogP contribution is 2.58. The van der Waals surface area contributed by atoms with Gasteiger partial charge in [0.25, 0.3) is 5.91 Å². The first kappa shape index (κ1) is 25.3. The van der Waals surface area contributed by atoms with Gasteiger partial charge in [0.15, 0.2) is 11.5 Å². The van der Waals surface area contributed by atoms with Crippen molar-refractivity contribution in [1.29, 1.82) is 0 Å². The van der Waals surface area contributed by atoms with Crippen LogP contribution in [0.5, 0.6) is 6.01 Å². The molecule has 40 heavy (non-hydrogen) atoms. The van der Waals surface area contributed by atoms with Crippen LogP contribution >= 0.6 is 0 Å². The summed E-state index contributed by atoms with van der Waals surface area (Å²) in [5, 5.41) is 6.38. The van der Waals surface area contributed by atoms with Gasteiger partial charge in [0.1, 0.15) is 18.6 Å². The number of anilines is 1. The predicted molar refractivity (Wildman–Crippen MR) is 148 cm³/mol. The number of pyridine rings is 1. The lowest BCUT2D eigenvalue weighted by molar-refractivity contribution is -0.118. The molecule has 3 unspecified atom stereocenters. The largest absolute Gasteiger partial charge is 0.461 e. The smallest absolute Gasteiger partial charge is 0.320 e. The Kier molecular flexibility index (Phi) is 6.18. The van der Waals surface area contributed by atoms with E-state index in [0.29, 0.717) is 48.9 Å². The molecule has 0 spiro atoms. The van der Waals surface area contributed by atoms with E-state index in [1.54, 1.807) is 0 Å². The Balaban J connectivity index is 1.19. The molecule has 2 aliphatic heterocycles. The Bertz CT molecular complexity index is 1520. The van der Waals surface area contributed by atoms with E-state index in [2.05, 4.69) is 50.3 Å². The number of nitrogens with one attached hydrogen (secondary N) is 2. The summed E-state index contributed by atoms with van der Waals surface area (Å²) < 4.78 is 33.5. The number of alkyl halides is 1. The summed E-state index contributed by atoms with van der Waals surface area (Å²) in [5.74, 6) is 0.0103. The Morgan fingerprint density at radius 1 is 1.20 bits per heavy atom. The van der Waals surface area contributed by atoms with Crippen molar-refractivity contribution in [3.63, 3.8) is 0 Å². The maximum atomic E-state index is 14.3. The summed E-state index contributed by atoms with van der Waals surface area (Å²) in [4.78, 5) is 28.0. The van der Waals surface area contributed by atoms with Gasteiger partial charge in [0.2, 0.25) is 0 Å². The number of nitrogens with zero attached hydrogens (tertiary/aromatic N) is 4. The van der Waals surface area contributed by atoms with Crippen molar-refractivity contribution < 1.29 is 18.3 Å². The Hall–Kier alpha value is -3.66. The summed E-state index contributed by atoms with van der Waals surface area (Å²) in [5.41, 5.74) is 4.99. The second-order valence-corrected chi connectivity index (χ2v) is 11.6. The molecule has 8 nitrogen and oxygen atoms in total. The fourth-order valence-corrected chi connectivity index (χ4v) is 7.00. The number of carbonyl (C=O) groups excluding carboxylic acids is 1. The minimum Gasteiger partial charge on any atom is -0.461 e. The second kappa shape index (κ2) is 9.76. The van der Waals surface area contributed by atoms with Gasteiger partial charge < -0.3 is 15.4 Å². The van der Waals surface area contributed by atoms with Crippen LogP contribution < -0.4 is 15.4 Å². The molecule has 3 aromatic rings. The Morgan fingerprint density at radius 3 is 2.98 bits per heavy atom. The van der Waals surface area contributed by atoms with Crippen LogP contribution in [0.2, 0.25) is 0 Å². The van der Waals surface area contributed by atoms with Crippen molar-refractivity contribution in [2.24, 2.45) is 5.92 Å². The standard InChI is InChI=1S/C30H32F2N6O2/c1-17(31)28(39)34-10-9-33-26-22-6-7-24(21-5-2-4-18-12-19-13-23(19)25(18)21)35-27(22)37-29(36-26)40-16-30-8-3-11-38(30)15-20(32)14-30/h2,4-7,19-20,23H,1,3,8-16H2,(H,34,39)(H,33,35,36,37)/t19?,20-,23?,30?/m1/s1. The number of hydrogen-bond acceptors (Lipinski definition) is 7. The molecule has 1 aromatic carbocycles. The second-order valence-electron chi connectivity index (χ2n) is 11.6. The number of rotatable bonds is 9. The average molecular weight is 547 g/mol. The predicted octanol–water partition coefficient (Wildman–Crippen LogP) is 4.32. The van der Waals surface area contributed by atoms with Crippen LogP contribution in [0, 0.1) is 5.92 Å². The monoisotopic (exact) mass is 546 g/mol. The first-order chi connectivity index (χ1) is 19.4. The quantitative estimate of drug-likeness (QED) is 0.305. The molecule has 4 aliphatic rings. The van der Waals surface area contributed by atoms with Gasteiger partial charge >= 0.3 is 6.01 Å². The summed E-state index contributed by atoms with van der Waals surface area (Å²) in [6.45, 7) is 5.11. The number of ether oxygens (including phenoxy) is 1. The zero-order valence-corrected chi connectivity index (χ0v) is 22.3.